The number of hydrogen-bond acceptors (Lipinski definition) is 4. The third-order valence-corrected chi connectivity index (χ3v) is 4.30. The summed E-state index contributed by atoms with van der Waals surface area (Å²) in [5, 5.41) is 0. The predicted molar refractivity (Wildman–Crippen MR) is 79.7 cm³/mol. The summed E-state index contributed by atoms with van der Waals surface area (Å²) in [6.45, 7) is 6.31. The summed E-state index contributed by atoms with van der Waals surface area (Å²) >= 11 is 2.36. The van der Waals surface area contributed by atoms with E-state index < -0.39 is 0 Å². The molecule has 0 radical (unpaired) electrons. The highest BCUT2D eigenvalue weighted by molar-refractivity contribution is 14.1. The average Bonchev–Trinajstić information content (AvgIpc) is 2.57. The van der Waals surface area contributed by atoms with Crippen molar-refractivity contribution in [3.63, 3.8) is 0 Å². The Hall–Kier alpha value is -0.890. The van der Waals surface area contributed by atoms with Gasteiger partial charge in [0, 0.05) is 47.8 Å². The largest absolute Gasteiger partial charge is 0.382 e. The average molecular weight is 357 g/mol. The van der Waals surface area contributed by atoms with E-state index >= 15 is 0 Å². The Bertz CT molecular complexity index is 600. The second-order valence-corrected chi connectivity index (χ2v) is 6.33. The van der Waals surface area contributed by atoms with E-state index in [1.165, 1.54) is 5.69 Å². The fourth-order valence-electron chi connectivity index (χ4n) is 2.66. The van der Waals surface area contributed by atoms with Gasteiger partial charge in [-0.1, -0.05) is 0 Å². The zero-order valence-corrected chi connectivity index (χ0v) is 12.7. The monoisotopic (exact) mass is 357 g/mol. The number of nitrogens with zero attached hydrogens (tertiary/aromatic N) is 4. The Morgan fingerprint density at radius 1 is 1.44 bits per heavy atom. The standard InChI is InChI=1S/C12H16IN5/c1-7-11-12(14)15-4-10(18(11)8(2)16-7)3-9-5-17(13)6-9/h4,9H,3,5-6H2,1-2H3,(H2,14,15). The molecule has 2 N–H and O–H groups in total. The summed E-state index contributed by atoms with van der Waals surface area (Å²) in [5.74, 6) is 2.29. The zero-order valence-electron chi connectivity index (χ0n) is 10.5. The molecule has 3 rings (SSSR count). The summed E-state index contributed by atoms with van der Waals surface area (Å²) < 4.78 is 4.46. The van der Waals surface area contributed by atoms with Gasteiger partial charge in [0.15, 0.2) is 0 Å². The van der Waals surface area contributed by atoms with Crippen LogP contribution in [0.2, 0.25) is 0 Å². The molecule has 1 aliphatic heterocycles. The van der Waals surface area contributed by atoms with Crippen LogP contribution in [-0.2, 0) is 6.42 Å². The number of anilines is 1. The van der Waals surface area contributed by atoms with Crippen molar-refractivity contribution in [2.45, 2.75) is 20.3 Å². The number of imidazole rings is 1. The maximum absolute atomic E-state index is 5.96. The molecular weight excluding hydrogens is 341 g/mol. The zero-order chi connectivity index (χ0) is 12.9. The Balaban J connectivity index is 2.04. The molecule has 1 fully saturated rings. The van der Waals surface area contributed by atoms with Gasteiger partial charge >= 0.3 is 0 Å². The molecule has 6 heteroatoms. The first-order chi connectivity index (χ1) is 8.56. The minimum Gasteiger partial charge on any atom is -0.382 e. The fraction of sp³-hybridized carbons (Fsp3) is 0.500. The minimum absolute atomic E-state index is 0.570. The van der Waals surface area contributed by atoms with Crippen molar-refractivity contribution in [2.75, 3.05) is 18.8 Å². The van der Waals surface area contributed by atoms with E-state index in [4.69, 9.17) is 5.73 Å². The smallest absolute Gasteiger partial charge is 0.149 e. The Morgan fingerprint density at radius 3 is 2.83 bits per heavy atom. The Labute approximate surface area is 120 Å². The predicted octanol–water partition coefficient (Wildman–Crippen LogP) is 1.75. The maximum atomic E-state index is 5.96. The molecule has 0 spiro atoms. The van der Waals surface area contributed by atoms with Crippen LogP contribution in [0.1, 0.15) is 17.2 Å². The van der Waals surface area contributed by atoms with Gasteiger partial charge in [0.1, 0.15) is 17.2 Å². The number of aryl methyl sites for hydroxylation is 2. The summed E-state index contributed by atoms with van der Waals surface area (Å²) in [7, 11) is 0. The molecule has 0 aromatic carbocycles. The normalized spacial score (nSPS) is 17.3. The summed E-state index contributed by atoms with van der Waals surface area (Å²) in [6, 6.07) is 0. The van der Waals surface area contributed by atoms with E-state index in [9.17, 15) is 0 Å². The molecule has 1 saturated heterocycles. The fourth-order valence-corrected chi connectivity index (χ4v) is 3.77. The lowest BCUT2D eigenvalue weighted by Crippen LogP contribution is -2.41. The van der Waals surface area contributed by atoms with Crippen LogP contribution in [0.25, 0.3) is 5.52 Å². The van der Waals surface area contributed by atoms with Gasteiger partial charge in [-0.25, -0.2) is 13.1 Å². The van der Waals surface area contributed by atoms with Crippen LogP contribution < -0.4 is 5.73 Å². The molecule has 5 nitrogen and oxygen atoms in total. The van der Waals surface area contributed by atoms with Crippen molar-refractivity contribution in [3.8, 4) is 0 Å². The molecule has 0 atom stereocenters. The highest BCUT2D eigenvalue weighted by atomic mass is 127. The van der Waals surface area contributed by atoms with Crippen LogP contribution in [0.5, 0.6) is 0 Å². The highest BCUT2D eigenvalue weighted by Gasteiger charge is 2.26. The van der Waals surface area contributed by atoms with Gasteiger partial charge in [-0.2, -0.15) is 0 Å². The first-order valence-corrected chi connectivity index (χ1v) is 7.02. The quantitative estimate of drug-likeness (QED) is 0.657. The van der Waals surface area contributed by atoms with E-state index in [1.807, 2.05) is 20.0 Å². The lowest BCUT2D eigenvalue weighted by Gasteiger charge is -2.34. The summed E-state index contributed by atoms with van der Waals surface area (Å²) in [6.07, 6.45) is 2.94. The van der Waals surface area contributed by atoms with Gasteiger partial charge in [0.05, 0.1) is 5.69 Å². The summed E-state index contributed by atoms with van der Waals surface area (Å²) in [4.78, 5) is 8.82. The van der Waals surface area contributed by atoms with E-state index in [0.717, 1.165) is 42.5 Å². The van der Waals surface area contributed by atoms with Crippen LogP contribution in [0.3, 0.4) is 0 Å². The molecular formula is C12H16IN5. The van der Waals surface area contributed by atoms with Gasteiger partial charge in [-0.15, -0.1) is 0 Å². The Morgan fingerprint density at radius 2 is 2.17 bits per heavy atom. The van der Waals surface area contributed by atoms with Crippen molar-refractivity contribution >= 4 is 34.2 Å². The van der Waals surface area contributed by atoms with Crippen molar-refractivity contribution in [1.29, 1.82) is 0 Å². The van der Waals surface area contributed by atoms with E-state index in [0.29, 0.717) is 5.82 Å². The molecule has 0 saturated carbocycles. The SMILES string of the molecule is Cc1nc(C)n2c(CC3CN(I)C3)cnc(N)c12. The molecule has 0 bridgehead atoms. The number of rotatable bonds is 2. The second-order valence-electron chi connectivity index (χ2n) is 4.96. The van der Waals surface area contributed by atoms with Crippen LogP contribution in [0.15, 0.2) is 6.20 Å². The third kappa shape index (κ3) is 1.87. The van der Waals surface area contributed by atoms with Crippen LogP contribution in [-0.4, -0.2) is 30.6 Å². The molecule has 18 heavy (non-hydrogen) atoms. The topological polar surface area (TPSA) is 59.5 Å². The van der Waals surface area contributed by atoms with E-state index in [-0.39, 0.29) is 0 Å². The number of aromatic nitrogens is 3. The third-order valence-electron chi connectivity index (χ3n) is 3.51. The van der Waals surface area contributed by atoms with Crippen molar-refractivity contribution in [3.05, 3.63) is 23.4 Å². The molecule has 0 unspecified atom stereocenters. The molecule has 2 aromatic rings. The molecule has 3 heterocycles. The van der Waals surface area contributed by atoms with Gasteiger partial charge in [0.25, 0.3) is 0 Å². The van der Waals surface area contributed by atoms with E-state index in [2.05, 4.69) is 40.3 Å². The second kappa shape index (κ2) is 4.34. The van der Waals surface area contributed by atoms with Crippen molar-refractivity contribution in [1.82, 2.24) is 17.5 Å². The van der Waals surface area contributed by atoms with Gasteiger partial charge in [-0.3, -0.25) is 4.40 Å². The number of hydrogen-bond donors (Lipinski definition) is 1. The van der Waals surface area contributed by atoms with Crippen molar-refractivity contribution in [2.24, 2.45) is 5.92 Å². The highest BCUT2D eigenvalue weighted by Crippen LogP contribution is 2.26. The van der Waals surface area contributed by atoms with Gasteiger partial charge in [0.2, 0.25) is 0 Å². The molecule has 2 aromatic heterocycles. The number of halogens is 1. The maximum Gasteiger partial charge on any atom is 0.149 e. The lowest BCUT2D eigenvalue weighted by molar-refractivity contribution is 0.239. The van der Waals surface area contributed by atoms with Gasteiger partial charge in [-0.05, 0) is 26.2 Å². The molecule has 0 aliphatic carbocycles. The number of fused-ring (bicyclic) bond motifs is 1. The Kier molecular flexibility index (Phi) is 2.93. The first-order valence-electron chi connectivity index (χ1n) is 6.06. The van der Waals surface area contributed by atoms with Gasteiger partial charge < -0.3 is 5.73 Å². The molecule has 1 aliphatic rings. The summed E-state index contributed by atoms with van der Waals surface area (Å²) in [5.41, 5.74) is 9.10. The number of nitrogens with two attached hydrogens (primary N) is 1. The van der Waals surface area contributed by atoms with Crippen LogP contribution in [0, 0.1) is 19.8 Å². The van der Waals surface area contributed by atoms with Crippen molar-refractivity contribution < 1.29 is 0 Å². The lowest BCUT2D eigenvalue weighted by atomic mass is 9.97. The van der Waals surface area contributed by atoms with Crippen LogP contribution >= 0.6 is 22.9 Å². The molecule has 0 amide bonds. The first kappa shape index (κ1) is 12.2. The minimum atomic E-state index is 0.570. The van der Waals surface area contributed by atoms with E-state index in [1.54, 1.807) is 0 Å². The van der Waals surface area contributed by atoms with Crippen LogP contribution in [0.4, 0.5) is 5.82 Å². The molecule has 96 valence electrons. The number of nitrogen functional groups attached to an aromatic ring is 1.